The first-order chi connectivity index (χ1) is 12.7. The number of carbonyl (C=O) groups excluding carboxylic acids is 1. The number of carbonyl (C=O) groups is 1. The number of nitriles is 1. The van der Waals surface area contributed by atoms with E-state index in [1.165, 1.54) is 12.4 Å². The van der Waals surface area contributed by atoms with Crippen LogP contribution in [0.25, 0.3) is 0 Å². The molecule has 1 atom stereocenters. The normalized spacial score (nSPS) is 11.2. The Morgan fingerprint density at radius 1 is 1.04 bits per heavy atom. The smallest absolute Gasteiger partial charge is 0.258 e. The van der Waals surface area contributed by atoms with E-state index >= 15 is 0 Å². The number of aromatic nitrogens is 2. The maximum atomic E-state index is 12.3. The van der Waals surface area contributed by atoms with Crippen molar-refractivity contribution in [2.45, 2.75) is 13.0 Å². The molecule has 1 aromatic heterocycles. The zero-order valence-corrected chi connectivity index (χ0v) is 14.2. The van der Waals surface area contributed by atoms with Crippen molar-refractivity contribution in [2.75, 3.05) is 10.6 Å². The molecule has 6 nitrogen and oxygen atoms in total. The van der Waals surface area contributed by atoms with E-state index in [9.17, 15) is 4.79 Å². The van der Waals surface area contributed by atoms with Gasteiger partial charge in [0.25, 0.3) is 5.91 Å². The Bertz CT molecular complexity index is 932. The number of benzene rings is 2. The molecule has 0 bridgehead atoms. The molecule has 3 aromatic rings. The van der Waals surface area contributed by atoms with Crippen molar-refractivity contribution in [2.24, 2.45) is 0 Å². The van der Waals surface area contributed by atoms with E-state index in [4.69, 9.17) is 5.26 Å². The van der Waals surface area contributed by atoms with Crippen LogP contribution in [0.3, 0.4) is 0 Å². The second-order valence-electron chi connectivity index (χ2n) is 5.68. The van der Waals surface area contributed by atoms with Crippen LogP contribution in [0.1, 0.15) is 34.5 Å². The lowest BCUT2D eigenvalue weighted by Gasteiger charge is -2.14. The number of hydrogen-bond donors (Lipinski definition) is 2. The molecule has 128 valence electrons. The van der Waals surface area contributed by atoms with Gasteiger partial charge in [0.2, 0.25) is 5.95 Å². The third-order valence-electron chi connectivity index (χ3n) is 3.85. The van der Waals surface area contributed by atoms with E-state index in [-0.39, 0.29) is 11.9 Å². The van der Waals surface area contributed by atoms with Crippen molar-refractivity contribution in [3.8, 4) is 6.07 Å². The summed E-state index contributed by atoms with van der Waals surface area (Å²) in [5.41, 5.74) is 2.29. The SMILES string of the molecule is CC(Nc1ncc(C(=O)Nc2ccccc2C#N)cn1)c1ccccc1. The third-order valence-corrected chi connectivity index (χ3v) is 3.85. The van der Waals surface area contributed by atoms with Crippen molar-refractivity contribution < 1.29 is 4.79 Å². The van der Waals surface area contributed by atoms with Gasteiger partial charge in [0.1, 0.15) is 6.07 Å². The number of anilines is 2. The molecule has 0 saturated carbocycles. The zero-order chi connectivity index (χ0) is 18.4. The molecule has 0 spiro atoms. The second-order valence-corrected chi connectivity index (χ2v) is 5.68. The van der Waals surface area contributed by atoms with Crippen molar-refractivity contribution in [1.82, 2.24) is 9.97 Å². The van der Waals surface area contributed by atoms with E-state index in [2.05, 4.69) is 20.6 Å². The zero-order valence-electron chi connectivity index (χ0n) is 14.2. The first-order valence-corrected chi connectivity index (χ1v) is 8.11. The first-order valence-electron chi connectivity index (χ1n) is 8.11. The Kier molecular flexibility index (Phi) is 5.20. The maximum Gasteiger partial charge on any atom is 0.258 e. The molecule has 3 rings (SSSR count). The average molecular weight is 343 g/mol. The van der Waals surface area contributed by atoms with Crippen molar-refractivity contribution in [3.05, 3.63) is 83.7 Å². The molecule has 1 amide bonds. The highest BCUT2D eigenvalue weighted by molar-refractivity contribution is 6.04. The van der Waals surface area contributed by atoms with Gasteiger partial charge in [-0.25, -0.2) is 9.97 Å². The van der Waals surface area contributed by atoms with Crippen LogP contribution in [0.4, 0.5) is 11.6 Å². The standard InChI is InChI=1S/C20H17N5O/c1-14(15-7-3-2-4-8-15)24-20-22-12-17(13-23-20)19(26)25-18-10-6-5-9-16(18)11-21/h2-10,12-14H,1H3,(H,25,26)(H,22,23,24). The topological polar surface area (TPSA) is 90.7 Å². The molecule has 1 heterocycles. The van der Waals surface area contributed by atoms with Gasteiger partial charge in [0.15, 0.2) is 0 Å². The Morgan fingerprint density at radius 2 is 1.69 bits per heavy atom. The lowest BCUT2D eigenvalue weighted by molar-refractivity contribution is 0.102. The molecule has 0 aliphatic heterocycles. The summed E-state index contributed by atoms with van der Waals surface area (Å²) in [4.78, 5) is 20.7. The fraction of sp³-hybridized carbons (Fsp3) is 0.100. The molecule has 6 heteroatoms. The molecule has 0 fully saturated rings. The number of rotatable bonds is 5. The summed E-state index contributed by atoms with van der Waals surface area (Å²) in [6.45, 7) is 2.01. The molecule has 2 aromatic carbocycles. The predicted octanol–water partition coefficient (Wildman–Crippen LogP) is 3.77. The summed E-state index contributed by atoms with van der Waals surface area (Å²) in [6.07, 6.45) is 2.91. The van der Waals surface area contributed by atoms with Gasteiger partial charge in [0, 0.05) is 12.4 Å². The fourth-order valence-electron chi connectivity index (χ4n) is 2.42. The highest BCUT2D eigenvalue weighted by Gasteiger charge is 2.11. The van der Waals surface area contributed by atoms with Gasteiger partial charge in [-0.05, 0) is 24.6 Å². The highest BCUT2D eigenvalue weighted by atomic mass is 16.1. The van der Waals surface area contributed by atoms with Crippen LogP contribution in [0.15, 0.2) is 67.0 Å². The van der Waals surface area contributed by atoms with Crippen LogP contribution < -0.4 is 10.6 Å². The third kappa shape index (κ3) is 4.02. The Hall–Kier alpha value is -3.72. The number of para-hydroxylation sites is 1. The molecule has 2 N–H and O–H groups in total. The molecule has 26 heavy (non-hydrogen) atoms. The molecular weight excluding hydrogens is 326 g/mol. The van der Waals surface area contributed by atoms with E-state index in [1.54, 1.807) is 24.3 Å². The summed E-state index contributed by atoms with van der Waals surface area (Å²) in [7, 11) is 0. The van der Waals surface area contributed by atoms with E-state index in [0.29, 0.717) is 22.8 Å². The largest absolute Gasteiger partial charge is 0.348 e. The van der Waals surface area contributed by atoms with Gasteiger partial charge < -0.3 is 10.6 Å². The Labute approximate surface area is 151 Å². The highest BCUT2D eigenvalue weighted by Crippen LogP contribution is 2.17. The van der Waals surface area contributed by atoms with Crippen LogP contribution in [-0.2, 0) is 0 Å². The molecule has 1 unspecified atom stereocenters. The van der Waals surface area contributed by atoms with Gasteiger partial charge in [0.05, 0.1) is 22.9 Å². The summed E-state index contributed by atoms with van der Waals surface area (Å²) in [5, 5.41) is 15.0. The summed E-state index contributed by atoms with van der Waals surface area (Å²) in [6, 6.07) is 18.8. The number of nitrogens with zero attached hydrogens (tertiary/aromatic N) is 3. The minimum absolute atomic E-state index is 0.0402. The quantitative estimate of drug-likeness (QED) is 0.736. The minimum atomic E-state index is -0.365. The lowest BCUT2D eigenvalue weighted by atomic mass is 10.1. The molecule has 0 saturated heterocycles. The summed E-state index contributed by atoms with van der Waals surface area (Å²) >= 11 is 0. The van der Waals surface area contributed by atoms with Crippen LogP contribution >= 0.6 is 0 Å². The number of nitrogens with one attached hydrogen (secondary N) is 2. The Balaban J connectivity index is 1.67. The predicted molar refractivity (Wildman–Crippen MR) is 99.6 cm³/mol. The second kappa shape index (κ2) is 7.90. The van der Waals surface area contributed by atoms with Gasteiger partial charge in [-0.15, -0.1) is 0 Å². The van der Waals surface area contributed by atoms with Crippen molar-refractivity contribution >= 4 is 17.5 Å². The monoisotopic (exact) mass is 343 g/mol. The van der Waals surface area contributed by atoms with E-state index < -0.39 is 0 Å². The van der Waals surface area contributed by atoms with Gasteiger partial charge in [-0.2, -0.15) is 5.26 Å². The van der Waals surface area contributed by atoms with Crippen molar-refractivity contribution in [3.63, 3.8) is 0 Å². The van der Waals surface area contributed by atoms with Crippen LogP contribution in [-0.4, -0.2) is 15.9 Å². The van der Waals surface area contributed by atoms with Crippen LogP contribution in [0.5, 0.6) is 0 Å². The molecule has 0 aliphatic carbocycles. The van der Waals surface area contributed by atoms with Crippen molar-refractivity contribution in [1.29, 1.82) is 5.26 Å². The molecule has 0 aliphatic rings. The van der Waals surface area contributed by atoms with Crippen LogP contribution in [0, 0.1) is 11.3 Å². The summed E-state index contributed by atoms with van der Waals surface area (Å²) < 4.78 is 0. The fourth-order valence-corrected chi connectivity index (χ4v) is 2.42. The number of hydrogen-bond acceptors (Lipinski definition) is 5. The average Bonchev–Trinajstić information content (AvgIpc) is 2.69. The van der Waals surface area contributed by atoms with Gasteiger partial charge in [-0.3, -0.25) is 4.79 Å². The Morgan fingerprint density at radius 3 is 2.38 bits per heavy atom. The van der Waals surface area contributed by atoms with E-state index in [1.807, 2.05) is 43.3 Å². The lowest BCUT2D eigenvalue weighted by Crippen LogP contribution is -2.15. The maximum absolute atomic E-state index is 12.3. The van der Waals surface area contributed by atoms with Gasteiger partial charge in [-0.1, -0.05) is 42.5 Å². The number of amides is 1. The first kappa shape index (κ1) is 17.1. The summed E-state index contributed by atoms with van der Waals surface area (Å²) in [5.74, 6) is 0.0747. The van der Waals surface area contributed by atoms with Crippen LogP contribution in [0.2, 0.25) is 0 Å². The molecule has 0 radical (unpaired) electrons. The van der Waals surface area contributed by atoms with E-state index in [0.717, 1.165) is 5.56 Å². The molecular formula is C20H17N5O. The van der Waals surface area contributed by atoms with Gasteiger partial charge >= 0.3 is 0 Å². The minimum Gasteiger partial charge on any atom is -0.348 e.